The summed E-state index contributed by atoms with van der Waals surface area (Å²) in [5, 5.41) is 7.94. The van der Waals surface area contributed by atoms with Gasteiger partial charge < -0.3 is 10.1 Å². The van der Waals surface area contributed by atoms with Crippen molar-refractivity contribution in [1.29, 1.82) is 0 Å². The van der Waals surface area contributed by atoms with Crippen LogP contribution in [0.3, 0.4) is 0 Å². The Morgan fingerprint density at radius 2 is 1.76 bits per heavy atom. The van der Waals surface area contributed by atoms with Crippen LogP contribution in [0.5, 0.6) is 5.75 Å². The zero-order valence-corrected chi connectivity index (χ0v) is 20.0. The Bertz CT molecular complexity index is 1240. The Morgan fingerprint density at radius 3 is 2.47 bits per heavy atom. The third-order valence-electron chi connectivity index (χ3n) is 5.77. The molecule has 34 heavy (non-hydrogen) atoms. The molecule has 0 aliphatic rings. The topological polar surface area (TPSA) is 56.1 Å². The standard InChI is InChI=1S/C29H31N3O2/c1-4-5-17-34-27-16-15-24(18-22(27)3)28-25(20-32(31-28)26-9-7-6-8-10-26)19-30-29(33)23-13-11-21(2)12-14-23/h6-16,18,20H,4-5,17,19H2,1-3H3,(H,30,33). The Hall–Kier alpha value is -3.86. The first-order chi connectivity index (χ1) is 16.5. The summed E-state index contributed by atoms with van der Waals surface area (Å²) >= 11 is 0. The molecule has 0 saturated carbocycles. The number of rotatable bonds is 9. The maximum Gasteiger partial charge on any atom is 0.251 e. The van der Waals surface area contributed by atoms with Gasteiger partial charge in [0, 0.05) is 29.4 Å². The summed E-state index contributed by atoms with van der Waals surface area (Å²) in [5.41, 5.74) is 6.59. The second-order valence-electron chi connectivity index (χ2n) is 8.51. The Kier molecular flexibility index (Phi) is 7.43. The van der Waals surface area contributed by atoms with E-state index >= 15 is 0 Å². The average Bonchev–Trinajstić information content (AvgIpc) is 3.29. The summed E-state index contributed by atoms with van der Waals surface area (Å²) in [6, 6.07) is 23.7. The molecule has 5 heteroatoms. The first kappa shape index (κ1) is 23.3. The number of amides is 1. The van der Waals surface area contributed by atoms with Crippen molar-refractivity contribution in [3.63, 3.8) is 0 Å². The molecule has 0 spiro atoms. The van der Waals surface area contributed by atoms with E-state index in [-0.39, 0.29) is 5.91 Å². The molecule has 1 N–H and O–H groups in total. The summed E-state index contributed by atoms with van der Waals surface area (Å²) in [4.78, 5) is 12.7. The third-order valence-corrected chi connectivity index (χ3v) is 5.77. The van der Waals surface area contributed by atoms with Gasteiger partial charge in [-0.1, -0.05) is 49.2 Å². The van der Waals surface area contributed by atoms with Crippen molar-refractivity contribution in [1.82, 2.24) is 15.1 Å². The minimum Gasteiger partial charge on any atom is -0.493 e. The van der Waals surface area contributed by atoms with Crippen LogP contribution in [0.25, 0.3) is 16.9 Å². The second kappa shape index (κ2) is 10.8. The van der Waals surface area contributed by atoms with Gasteiger partial charge in [-0.3, -0.25) is 4.79 Å². The number of hydrogen-bond donors (Lipinski definition) is 1. The van der Waals surface area contributed by atoms with E-state index in [4.69, 9.17) is 9.84 Å². The molecule has 5 nitrogen and oxygen atoms in total. The highest BCUT2D eigenvalue weighted by molar-refractivity contribution is 5.94. The van der Waals surface area contributed by atoms with Crippen molar-refractivity contribution in [3.05, 3.63) is 101 Å². The van der Waals surface area contributed by atoms with Crippen molar-refractivity contribution in [2.24, 2.45) is 0 Å². The SMILES string of the molecule is CCCCOc1ccc(-c2nn(-c3ccccc3)cc2CNC(=O)c2ccc(C)cc2)cc1C. The van der Waals surface area contributed by atoms with Crippen LogP contribution in [0.2, 0.25) is 0 Å². The van der Waals surface area contributed by atoms with Crippen molar-refractivity contribution in [2.45, 2.75) is 40.2 Å². The number of ether oxygens (including phenoxy) is 1. The van der Waals surface area contributed by atoms with Crippen LogP contribution in [0, 0.1) is 13.8 Å². The van der Waals surface area contributed by atoms with Crippen molar-refractivity contribution in [3.8, 4) is 22.7 Å². The lowest BCUT2D eigenvalue weighted by atomic mass is 10.0. The summed E-state index contributed by atoms with van der Waals surface area (Å²) < 4.78 is 7.79. The van der Waals surface area contributed by atoms with Gasteiger partial charge >= 0.3 is 0 Å². The molecule has 3 aromatic carbocycles. The molecular weight excluding hydrogens is 422 g/mol. The molecule has 0 aliphatic heterocycles. The van der Waals surface area contributed by atoms with Crippen LogP contribution in [-0.4, -0.2) is 22.3 Å². The van der Waals surface area contributed by atoms with Crippen LogP contribution < -0.4 is 10.1 Å². The molecule has 0 saturated heterocycles. The molecule has 1 amide bonds. The van der Waals surface area contributed by atoms with Gasteiger partial charge in [-0.2, -0.15) is 5.10 Å². The zero-order chi connectivity index (χ0) is 23.9. The lowest BCUT2D eigenvalue weighted by Gasteiger charge is -2.11. The van der Waals surface area contributed by atoms with Gasteiger partial charge in [0.2, 0.25) is 0 Å². The smallest absolute Gasteiger partial charge is 0.251 e. The monoisotopic (exact) mass is 453 g/mol. The number of unbranched alkanes of at least 4 members (excludes halogenated alkanes) is 1. The maximum absolute atomic E-state index is 12.7. The molecular formula is C29H31N3O2. The van der Waals surface area contributed by atoms with Crippen LogP contribution in [-0.2, 0) is 6.54 Å². The van der Waals surface area contributed by atoms with E-state index in [2.05, 4.69) is 25.2 Å². The highest BCUT2D eigenvalue weighted by atomic mass is 16.5. The zero-order valence-electron chi connectivity index (χ0n) is 20.0. The lowest BCUT2D eigenvalue weighted by molar-refractivity contribution is 0.0951. The van der Waals surface area contributed by atoms with Crippen LogP contribution in [0.1, 0.15) is 46.8 Å². The average molecular weight is 454 g/mol. The number of carbonyl (C=O) groups is 1. The Morgan fingerprint density at radius 1 is 1.00 bits per heavy atom. The van der Waals surface area contributed by atoms with Gasteiger partial charge in [0.25, 0.3) is 5.91 Å². The minimum atomic E-state index is -0.103. The second-order valence-corrected chi connectivity index (χ2v) is 8.51. The van der Waals surface area contributed by atoms with Crippen LogP contribution >= 0.6 is 0 Å². The first-order valence-electron chi connectivity index (χ1n) is 11.8. The van der Waals surface area contributed by atoms with E-state index in [0.717, 1.165) is 58.8 Å². The predicted octanol–water partition coefficient (Wildman–Crippen LogP) is 6.27. The molecule has 0 atom stereocenters. The van der Waals surface area contributed by atoms with E-state index in [1.165, 1.54) is 0 Å². The Balaban J connectivity index is 1.61. The summed E-state index contributed by atoms with van der Waals surface area (Å²) in [6.07, 6.45) is 4.13. The van der Waals surface area contributed by atoms with Gasteiger partial charge in [0.15, 0.2) is 0 Å². The first-order valence-corrected chi connectivity index (χ1v) is 11.8. The maximum atomic E-state index is 12.7. The molecule has 0 unspecified atom stereocenters. The Labute approximate surface area is 201 Å². The summed E-state index contributed by atoms with van der Waals surface area (Å²) in [5.74, 6) is 0.795. The summed E-state index contributed by atoms with van der Waals surface area (Å²) in [7, 11) is 0. The minimum absolute atomic E-state index is 0.103. The number of nitrogens with one attached hydrogen (secondary N) is 1. The van der Waals surface area contributed by atoms with Gasteiger partial charge in [-0.25, -0.2) is 4.68 Å². The molecule has 4 rings (SSSR count). The van der Waals surface area contributed by atoms with E-state index in [1.54, 1.807) is 0 Å². The summed E-state index contributed by atoms with van der Waals surface area (Å²) in [6.45, 7) is 7.31. The van der Waals surface area contributed by atoms with Gasteiger partial charge in [-0.05, 0) is 68.3 Å². The highest BCUT2D eigenvalue weighted by Crippen LogP contribution is 2.29. The molecule has 0 bridgehead atoms. The van der Waals surface area contributed by atoms with Gasteiger partial charge in [-0.15, -0.1) is 0 Å². The van der Waals surface area contributed by atoms with E-state index in [9.17, 15) is 4.79 Å². The predicted molar refractivity (Wildman–Crippen MR) is 136 cm³/mol. The molecule has 4 aromatic rings. The number of carbonyl (C=O) groups excluding carboxylic acids is 1. The number of benzene rings is 3. The lowest BCUT2D eigenvalue weighted by Crippen LogP contribution is -2.22. The van der Waals surface area contributed by atoms with Gasteiger partial charge in [0.1, 0.15) is 5.75 Å². The molecule has 0 radical (unpaired) electrons. The number of aromatic nitrogens is 2. The molecule has 1 aromatic heterocycles. The largest absolute Gasteiger partial charge is 0.493 e. The molecule has 0 fully saturated rings. The number of aryl methyl sites for hydroxylation is 2. The number of nitrogens with zero attached hydrogens (tertiary/aromatic N) is 2. The number of hydrogen-bond acceptors (Lipinski definition) is 3. The normalized spacial score (nSPS) is 10.8. The highest BCUT2D eigenvalue weighted by Gasteiger charge is 2.15. The molecule has 1 heterocycles. The fraction of sp³-hybridized carbons (Fsp3) is 0.241. The number of para-hydroxylation sites is 1. The van der Waals surface area contributed by atoms with Gasteiger partial charge in [0.05, 0.1) is 18.0 Å². The van der Waals surface area contributed by atoms with Crippen LogP contribution in [0.15, 0.2) is 79.0 Å². The van der Waals surface area contributed by atoms with E-state index < -0.39 is 0 Å². The fourth-order valence-corrected chi connectivity index (χ4v) is 3.76. The molecule has 0 aliphatic carbocycles. The van der Waals surface area contributed by atoms with Crippen LogP contribution in [0.4, 0.5) is 0 Å². The fourth-order valence-electron chi connectivity index (χ4n) is 3.76. The quantitative estimate of drug-likeness (QED) is 0.304. The van der Waals surface area contributed by atoms with Crippen molar-refractivity contribution < 1.29 is 9.53 Å². The van der Waals surface area contributed by atoms with Crippen molar-refractivity contribution >= 4 is 5.91 Å². The van der Waals surface area contributed by atoms with Crippen molar-refractivity contribution in [2.75, 3.05) is 6.61 Å². The molecule has 174 valence electrons. The van der Waals surface area contributed by atoms with E-state index in [0.29, 0.717) is 12.1 Å². The van der Waals surface area contributed by atoms with E-state index in [1.807, 2.05) is 84.5 Å². The third kappa shape index (κ3) is 5.54.